The van der Waals surface area contributed by atoms with Gasteiger partial charge < -0.3 is 9.30 Å². The molecule has 0 amide bonds. The summed E-state index contributed by atoms with van der Waals surface area (Å²) in [5, 5.41) is 0. The molecule has 0 bridgehead atoms. The molecule has 0 saturated carbocycles. The number of aryl methyl sites for hydroxylation is 1. The Kier molecular flexibility index (Phi) is 5.51. The highest BCUT2D eigenvalue weighted by atomic mass is 79.9. The Hall–Kier alpha value is -2.80. The smallest absolute Gasteiger partial charge is 0.340 e. The Balaban J connectivity index is 1.78. The number of nitrogens with zero attached hydrogens (tertiary/aromatic N) is 2. The largest absolute Gasteiger partial charge is 0.454 e. The number of ketones is 1. The number of esters is 1. The van der Waals surface area contributed by atoms with Crippen molar-refractivity contribution >= 4 is 27.7 Å². The number of rotatable bonds is 5. The number of pyridine rings is 1. The molecule has 0 radical (unpaired) electrons. The van der Waals surface area contributed by atoms with Crippen molar-refractivity contribution in [3.05, 3.63) is 81.6 Å². The maximum Gasteiger partial charge on any atom is 0.340 e. The Morgan fingerprint density at radius 3 is 2.67 bits per heavy atom. The third-order valence-corrected chi connectivity index (χ3v) is 4.51. The summed E-state index contributed by atoms with van der Waals surface area (Å²) in [7, 11) is 0. The van der Waals surface area contributed by atoms with Crippen LogP contribution in [0.5, 0.6) is 0 Å². The molecule has 0 N–H and O–H groups in total. The molecule has 3 rings (SSSR count). The molecule has 138 valence electrons. The second-order valence-corrected chi connectivity index (χ2v) is 6.91. The lowest BCUT2D eigenvalue weighted by Crippen LogP contribution is -2.15. The van der Waals surface area contributed by atoms with Gasteiger partial charge in [0.05, 0.1) is 5.56 Å². The van der Waals surface area contributed by atoms with Gasteiger partial charge in [-0.3, -0.25) is 9.78 Å². The molecule has 0 spiro atoms. The molecule has 0 aliphatic rings. The average molecular weight is 431 g/mol. The van der Waals surface area contributed by atoms with Gasteiger partial charge in [0.2, 0.25) is 5.78 Å². The van der Waals surface area contributed by atoms with Gasteiger partial charge in [0.15, 0.2) is 6.61 Å². The van der Waals surface area contributed by atoms with Crippen LogP contribution >= 0.6 is 15.9 Å². The summed E-state index contributed by atoms with van der Waals surface area (Å²) in [5.74, 6) is -1.32. The van der Waals surface area contributed by atoms with Crippen molar-refractivity contribution in [1.29, 1.82) is 0 Å². The van der Waals surface area contributed by atoms with E-state index in [9.17, 15) is 14.0 Å². The number of hydrogen-bond donors (Lipinski definition) is 0. The van der Waals surface area contributed by atoms with Crippen LogP contribution in [0.15, 0.2) is 53.3 Å². The summed E-state index contributed by atoms with van der Waals surface area (Å²) in [4.78, 5) is 28.5. The number of halogens is 2. The molecule has 5 nitrogen and oxygen atoms in total. The standard InChI is InChI=1S/C20H16BrFN2O3/c1-12-6-18(13(2)24(12)17-5-3-4-16(22)8-17)19(25)11-27-20(26)14-7-15(21)10-23-9-14/h3-10H,11H2,1-2H3. The maximum atomic E-state index is 13.5. The van der Waals surface area contributed by atoms with Gasteiger partial charge in [0.1, 0.15) is 5.82 Å². The molecule has 0 saturated heterocycles. The molecule has 7 heteroatoms. The molecule has 0 fully saturated rings. The molecule has 3 aromatic rings. The van der Waals surface area contributed by atoms with E-state index in [0.717, 1.165) is 5.69 Å². The van der Waals surface area contributed by atoms with Gasteiger partial charge >= 0.3 is 5.97 Å². The number of Topliss-reactive ketones (excluding diaryl/α,β-unsaturated/α-hetero) is 1. The van der Waals surface area contributed by atoms with Gasteiger partial charge in [0, 0.05) is 39.5 Å². The monoisotopic (exact) mass is 430 g/mol. The van der Waals surface area contributed by atoms with Gasteiger partial charge in [-0.1, -0.05) is 6.07 Å². The lowest BCUT2D eigenvalue weighted by molar-refractivity contribution is 0.0474. The predicted octanol–water partition coefficient (Wildman–Crippen LogP) is 4.43. The van der Waals surface area contributed by atoms with Crippen LogP contribution in [-0.2, 0) is 4.74 Å². The van der Waals surface area contributed by atoms with Crippen molar-refractivity contribution in [1.82, 2.24) is 9.55 Å². The zero-order valence-corrected chi connectivity index (χ0v) is 16.3. The van der Waals surface area contributed by atoms with E-state index in [-0.39, 0.29) is 17.2 Å². The van der Waals surface area contributed by atoms with Crippen LogP contribution < -0.4 is 0 Å². The van der Waals surface area contributed by atoms with Gasteiger partial charge in [-0.05, 0) is 60.1 Å². The van der Waals surface area contributed by atoms with E-state index in [0.29, 0.717) is 21.4 Å². The Morgan fingerprint density at radius 2 is 1.96 bits per heavy atom. The Morgan fingerprint density at radius 1 is 1.19 bits per heavy atom. The zero-order valence-electron chi connectivity index (χ0n) is 14.7. The van der Waals surface area contributed by atoms with E-state index in [2.05, 4.69) is 20.9 Å². The third kappa shape index (κ3) is 4.14. The summed E-state index contributed by atoms with van der Waals surface area (Å²) in [6.07, 6.45) is 2.91. The number of carbonyl (C=O) groups is 2. The summed E-state index contributed by atoms with van der Waals surface area (Å²) < 4.78 is 21.1. The normalized spacial score (nSPS) is 10.7. The van der Waals surface area contributed by atoms with Crippen molar-refractivity contribution < 1.29 is 18.7 Å². The van der Waals surface area contributed by atoms with E-state index in [4.69, 9.17) is 4.74 Å². The number of carbonyl (C=O) groups excluding carboxylic acids is 2. The number of aromatic nitrogens is 2. The van der Waals surface area contributed by atoms with E-state index in [1.807, 2.05) is 6.92 Å². The fraction of sp³-hybridized carbons (Fsp3) is 0.150. The molecule has 0 aliphatic carbocycles. The van der Waals surface area contributed by atoms with Crippen LogP contribution in [-0.4, -0.2) is 27.9 Å². The van der Waals surface area contributed by atoms with Crippen LogP contribution in [0.4, 0.5) is 4.39 Å². The first-order valence-corrected chi connectivity index (χ1v) is 8.92. The minimum Gasteiger partial charge on any atom is -0.454 e. The molecular formula is C20H16BrFN2O3. The highest BCUT2D eigenvalue weighted by molar-refractivity contribution is 9.10. The predicted molar refractivity (Wildman–Crippen MR) is 102 cm³/mol. The van der Waals surface area contributed by atoms with Crippen LogP contribution in [0.1, 0.15) is 32.1 Å². The SMILES string of the molecule is Cc1cc(C(=O)COC(=O)c2cncc(Br)c2)c(C)n1-c1cccc(F)c1. The van der Waals surface area contributed by atoms with Crippen molar-refractivity contribution in [2.24, 2.45) is 0 Å². The third-order valence-electron chi connectivity index (χ3n) is 4.07. The highest BCUT2D eigenvalue weighted by Gasteiger charge is 2.19. The van der Waals surface area contributed by atoms with Crippen LogP contribution in [0.3, 0.4) is 0 Å². The number of hydrogen-bond acceptors (Lipinski definition) is 4. The Labute approximate surface area is 163 Å². The molecular weight excluding hydrogens is 415 g/mol. The minimum atomic E-state index is -0.629. The van der Waals surface area contributed by atoms with Crippen molar-refractivity contribution in [2.45, 2.75) is 13.8 Å². The van der Waals surface area contributed by atoms with Crippen molar-refractivity contribution in [2.75, 3.05) is 6.61 Å². The van der Waals surface area contributed by atoms with Crippen LogP contribution in [0.25, 0.3) is 5.69 Å². The molecule has 0 aliphatic heterocycles. The quantitative estimate of drug-likeness (QED) is 0.443. The van der Waals surface area contributed by atoms with Gasteiger partial charge in [-0.2, -0.15) is 0 Å². The van der Waals surface area contributed by atoms with Crippen LogP contribution in [0.2, 0.25) is 0 Å². The van der Waals surface area contributed by atoms with E-state index in [1.54, 1.807) is 42.0 Å². The zero-order chi connectivity index (χ0) is 19.6. The highest BCUT2D eigenvalue weighted by Crippen LogP contribution is 2.22. The molecule has 0 atom stereocenters. The summed E-state index contributed by atoms with van der Waals surface area (Å²) >= 11 is 3.23. The van der Waals surface area contributed by atoms with E-state index < -0.39 is 12.6 Å². The topological polar surface area (TPSA) is 61.2 Å². The van der Waals surface area contributed by atoms with E-state index in [1.165, 1.54) is 18.3 Å². The fourth-order valence-electron chi connectivity index (χ4n) is 2.87. The first kappa shape index (κ1) is 19.0. The second-order valence-electron chi connectivity index (χ2n) is 5.99. The molecule has 2 heterocycles. The molecule has 1 aromatic carbocycles. The summed E-state index contributed by atoms with van der Waals surface area (Å²) in [6, 6.07) is 9.40. The molecule has 0 unspecified atom stereocenters. The molecule has 27 heavy (non-hydrogen) atoms. The van der Waals surface area contributed by atoms with Gasteiger partial charge in [-0.15, -0.1) is 0 Å². The average Bonchev–Trinajstić information content (AvgIpc) is 2.93. The first-order chi connectivity index (χ1) is 12.9. The maximum absolute atomic E-state index is 13.5. The summed E-state index contributed by atoms with van der Waals surface area (Å²) in [6.45, 7) is 3.21. The molecule has 2 aromatic heterocycles. The lowest BCUT2D eigenvalue weighted by Gasteiger charge is -2.10. The number of benzene rings is 1. The Bertz CT molecular complexity index is 1030. The van der Waals surface area contributed by atoms with Crippen molar-refractivity contribution in [3.63, 3.8) is 0 Å². The fourth-order valence-corrected chi connectivity index (χ4v) is 3.24. The summed E-state index contributed by atoms with van der Waals surface area (Å²) in [5.41, 5.74) is 2.74. The first-order valence-electron chi connectivity index (χ1n) is 8.12. The van der Waals surface area contributed by atoms with Gasteiger partial charge in [0.25, 0.3) is 0 Å². The van der Waals surface area contributed by atoms with Crippen LogP contribution in [0, 0.1) is 19.7 Å². The second kappa shape index (κ2) is 7.84. The van der Waals surface area contributed by atoms with Crippen molar-refractivity contribution in [3.8, 4) is 5.69 Å². The lowest BCUT2D eigenvalue weighted by atomic mass is 10.1. The van der Waals surface area contributed by atoms with E-state index >= 15 is 0 Å². The minimum absolute atomic E-state index is 0.252. The van der Waals surface area contributed by atoms with Gasteiger partial charge in [-0.25, -0.2) is 9.18 Å². The number of ether oxygens (including phenoxy) is 1.